The molecule has 0 aliphatic heterocycles. The zero-order valence-electron chi connectivity index (χ0n) is 15.1. The molecule has 25 heavy (non-hydrogen) atoms. The number of benzene rings is 2. The Balaban J connectivity index is 1.90. The van der Waals surface area contributed by atoms with Crippen LogP contribution in [0.25, 0.3) is 10.2 Å². The van der Waals surface area contributed by atoms with E-state index in [0.29, 0.717) is 0 Å². The molecule has 1 heterocycles. The van der Waals surface area contributed by atoms with Crippen molar-refractivity contribution in [1.29, 1.82) is 0 Å². The molecule has 130 valence electrons. The molecule has 0 N–H and O–H groups in total. The maximum absolute atomic E-state index is 5.31. The fraction of sp³-hybridized carbons (Fsp3) is 0.316. The summed E-state index contributed by atoms with van der Waals surface area (Å²) in [6.07, 6.45) is 0. The van der Waals surface area contributed by atoms with Gasteiger partial charge in [-0.05, 0) is 66.7 Å². The number of aromatic nitrogens is 1. The SMILES string of the molecule is CCN(C)c1ccc(N=Nc2sc3cc(OC)ccc3[n+]2CC)cc1. The van der Waals surface area contributed by atoms with E-state index >= 15 is 0 Å². The van der Waals surface area contributed by atoms with Crippen LogP contribution in [-0.2, 0) is 6.54 Å². The second-order valence-electron chi connectivity index (χ2n) is 5.69. The lowest BCUT2D eigenvalue weighted by atomic mass is 10.2. The topological polar surface area (TPSA) is 41.1 Å². The number of azo groups is 1. The monoisotopic (exact) mass is 355 g/mol. The highest BCUT2D eigenvalue weighted by atomic mass is 32.1. The number of hydrogen-bond acceptors (Lipinski definition) is 5. The summed E-state index contributed by atoms with van der Waals surface area (Å²) in [4.78, 5) is 2.19. The lowest BCUT2D eigenvalue weighted by Crippen LogP contribution is -2.30. The van der Waals surface area contributed by atoms with E-state index in [-0.39, 0.29) is 0 Å². The molecule has 5 nitrogen and oxygen atoms in total. The van der Waals surface area contributed by atoms with Crippen molar-refractivity contribution >= 4 is 38.1 Å². The van der Waals surface area contributed by atoms with Crippen LogP contribution in [-0.4, -0.2) is 20.7 Å². The smallest absolute Gasteiger partial charge is 0.409 e. The highest BCUT2D eigenvalue weighted by Gasteiger charge is 2.18. The fourth-order valence-electron chi connectivity index (χ4n) is 2.62. The third-order valence-corrected chi connectivity index (χ3v) is 5.25. The first-order valence-electron chi connectivity index (χ1n) is 8.39. The van der Waals surface area contributed by atoms with E-state index in [1.54, 1.807) is 18.4 Å². The van der Waals surface area contributed by atoms with Crippen LogP contribution in [0, 0.1) is 0 Å². The van der Waals surface area contributed by atoms with Crippen molar-refractivity contribution in [2.24, 2.45) is 10.2 Å². The van der Waals surface area contributed by atoms with Gasteiger partial charge in [0, 0.05) is 25.3 Å². The Kier molecular flexibility index (Phi) is 5.28. The van der Waals surface area contributed by atoms with Crippen molar-refractivity contribution in [3.05, 3.63) is 42.5 Å². The third-order valence-electron chi connectivity index (χ3n) is 4.22. The minimum atomic E-state index is 0.848. The van der Waals surface area contributed by atoms with Crippen molar-refractivity contribution < 1.29 is 9.30 Å². The molecule has 2 aromatic carbocycles. The maximum Gasteiger partial charge on any atom is 0.409 e. The van der Waals surface area contributed by atoms with Gasteiger partial charge in [0.1, 0.15) is 17.0 Å². The molecule has 0 aliphatic rings. The number of fused-ring (bicyclic) bond motifs is 1. The van der Waals surface area contributed by atoms with Crippen LogP contribution < -0.4 is 14.2 Å². The first-order valence-corrected chi connectivity index (χ1v) is 9.21. The minimum absolute atomic E-state index is 0.848. The lowest BCUT2D eigenvalue weighted by Gasteiger charge is -2.15. The number of hydrogen-bond donors (Lipinski definition) is 0. The highest BCUT2D eigenvalue weighted by Crippen LogP contribution is 2.30. The van der Waals surface area contributed by atoms with Gasteiger partial charge in [0.15, 0.2) is 0 Å². The first kappa shape index (κ1) is 17.4. The van der Waals surface area contributed by atoms with E-state index in [9.17, 15) is 0 Å². The summed E-state index contributed by atoms with van der Waals surface area (Å²) in [6, 6.07) is 14.2. The van der Waals surface area contributed by atoms with Crippen molar-refractivity contribution in [2.45, 2.75) is 20.4 Å². The fourth-order valence-corrected chi connectivity index (χ4v) is 3.69. The van der Waals surface area contributed by atoms with Crippen molar-refractivity contribution in [1.82, 2.24) is 0 Å². The van der Waals surface area contributed by atoms with E-state index in [1.807, 2.05) is 24.3 Å². The Labute approximate surface area is 152 Å². The molecule has 6 heteroatoms. The molecule has 3 aromatic rings. The second-order valence-corrected chi connectivity index (χ2v) is 6.70. The van der Waals surface area contributed by atoms with Crippen LogP contribution in [0.1, 0.15) is 13.8 Å². The third kappa shape index (κ3) is 3.64. The molecule has 0 spiro atoms. The molecular weight excluding hydrogens is 332 g/mol. The van der Waals surface area contributed by atoms with Gasteiger partial charge >= 0.3 is 5.13 Å². The van der Waals surface area contributed by atoms with Gasteiger partial charge in [0.25, 0.3) is 0 Å². The summed E-state index contributed by atoms with van der Waals surface area (Å²) < 4.78 is 8.63. The predicted octanol–water partition coefficient (Wildman–Crippen LogP) is 5.09. The van der Waals surface area contributed by atoms with Gasteiger partial charge < -0.3 is 9.64 Å². The molecule has 0 fully saturated rings. The summed E-state index contributed by atoms with van der Waals surface area (Å²) in [7, 11) is 3.76. The molecule has 0 saturated carbocycles. The minimum Gasteiger partial charge on any atom is -0.497 e. The Morgan fingerprint density at radius 2 is 1.84 bits per heavy atom. The number of anilines is 1. The Bertz CT molecular complexity index is 886. The first-order chi connectivity index (χ1) is 12.2. The molecule has 3 rings (SSSR count). The molecule has 0 atom stereocenters. The zero-order chi connectivity index (χ0) is 17.8. The van der Waals surface area contributed by atoms with Crippen LogP contribution in [0.3, 0.4) is 0 Å². The van der Waals surface area contributed by atoms with Crippen molar-refractivity contribution in [2.75, 3.05) is 25.6 Å². The quantitative estimate of drug-likeness (QED) is 0.456. The van der Waals surface area contributed by atoms with Gasteiger partial charge in [-0.2, -0.15) is 0 Å². The van der Waals surface area contributed by atoms with E-state index in [4.69, 9.17) is 4.74 Å². The van der Waals surface area contributed by atoms with Crippen LogP contribution in [0.15, 0.2) is 52.7 Å². The standard InChI is InChI=1S/C19H23N4OS/c1-5-22(3)15-9-7-14(8-10-15)20-21-19-23(6-2)17-12-11-16(24-4)13-18(17)25-19/h7-13H,5-6H2,1-4H3/q+1. The van der Waals surface area contributed by atoms with E-state index in [1.165, 1.54) is 5.69 Å². The maximum atomic E-state index is 5.31. The molecule has 1 aromatic heterocycles. The number of thiazole rings is 1. The number of rotatable bonds is 6. The summed E-state index contributed by atoms with van der Waals surface area (Å²) in [5.74, 6) is 0.858. The number of ether oxygens (including phenoxy) is 1. The molecule has 0 bridgehead atoms. The van der Waals surface area contributed by atoms with Crippen LogP contribution in [0.5, 0.6) is 5.75 Å². The number of methoxy groups -OCH3 is 1. The van der Waals surface area contributed by atoms with Gasteiger partial charge in [-0.15, -0.1) is 0 Å². The van der Waals surface area contributed by atoms with Gasteiger partial charge in [-0.1, -0.05) is 0 Å². The average Bonchev–Trinajstić information content (AvgIpc) is 3.02. The average molecular weight is 355 g/mol. The predicted molar refractivity (Wildman–Crippen MR) is 104 cm³/mol. The van der Waals surface area contributed by atoms with Gasteiger partial charge in [-0.25, -0.2) is 4.57 Å². The number of aryl methyl sites for hydroxylation is 1. The lowest BCUT2D eigenvalue weighted by molar-refractivity contribution is -0.651. The summed E-state index contributed by atoms with van der Waals surface area (Å²) >= 11 is 1.62. The summed E-state index contributed by atoms with van der Waals surface area (Å²) in [6.45, 7) is 6.07. The molecule has 0 unspecified atom stereocenters. The van der Waals surface area contributed by atoms with Crippen molar-refractivity contribution in [3.63, 3.8) is 0 Å². The molecule has 0 saturated heterocycles. The van der Waals surface area contributed by atoms with Crippen molar-refractivity contribution in [3.8, 4) is 5.75 Å². The van der Waals surface area contributed by atoms with Crippen LogP contribution in [0.2, 0.25) is 0 Å². The summed E-state index contributed by atoms with van der Waals surface area (Å²) in [5.41, 5.74) is 3.19. The second kappa shape index (κ2) is 7.61. The van der Waals surface area contributed by atoms with Gasteiger partial charge in [-0.3, -0.25) is 0 Å². The Morgan fingerprint density at radius 3 is 2.48 bits per heavy atom. The van der Waals surface area contributed by atoms with E-state index in [2.05, 4.69) is 58.8 Å². The Hall–Kier alpha value is -2.47. The van der Waals surface area contributed by atoms with Gasteiger partial charge in [0.2, 0.25) is 0 Å². The zero-order valence-corrected chi connectivity index (χ0v) is 15.9. The Morgan fingerprint density at radius 1 is 1.08 bits per heavy atom. The van der Waals surface area contributed by atoms with E-state index in [0.717, 1.165) is 39.9 Å². The normalized spacial score (nSPS) is 11.4. The molecular formula is C19H23N4OS+. The molecule has 0 radical (unpaired) electrons. The molecule has 0 amide bonds. The largest absolute Gasteiger partial charge is 0.497 e. The number of nitrogens with zero attached hydrogens (tertiary/aromatic N) is 4. The summed E-state index contributed by atoms with van der Waals surface area (Å²) in [5, 5.41) is 9.79. The van der Waals surface area contributed by atoms with Gasteiger partial charge in [0.05, 0.1) is 23.5 Å². The van der Waals surface area contributed by atoms with Crippen LogP contribution in [0.4, 0.5) is 16.5 Å². The van der Waals surface area contributed by atoms with Crippen LogP contribution >= 0.6 is 11.3 Å². The highest BCUT2D eigenvalue weighted by molar-refractivity contribution is 7.21. The molecule has 0 aliphatic carbocycles. The van der Waals surface area contributed by atoms with E-state index < -0.39 is 0 Å².